The number of aromatic nitrogens is 1. The van der Waals surface area contributed by atoms with Crippen molar-refractivity contribution in [2.75, 3.05) is 18.5 Å². The van der Waals surface area contributed by atoms with Crippen molar-refractivity contribution in [3.05, 3.63) is 81.5 Å². The quantitative estimate of drug-likeness (QED) is 0.406. The summed E-state index contributed by atoms with van der Waals surface area (Å²) in [5, 5.41) is 2.88. The maximum atomic E-state index is 12.9. The van der Waals surface area contributed by atoms with Crippen molar-refractivity contribution in [3.63, 3.8) is 0 Å². The number of anilines is 1. The standard InChI is InChI=1S/C26H24ClN3O4S/c1-4-34-22-11-7-20(8-12-22)28-24(31)15-29-25(32)23(35-26(29)33)14-18-13-16(2)30(17(18)3)21-9-5-19(27)6-10-21/h5-14H,4,15H2,1-3H3,(H,28,31)/b23-14-. The van der Waals surface area contributed by atoms with Gasteiger partial charge in [-0.25, -0.2) is 0 Å². The number of nitrogens with zero attached hydrogens (tertiary/aromatic N) is 2. The number of nitrogens with one attached hydrogen (secondary N) is 1. The van der Waals surface area contributed by atoms with Crippen LogP contribution in [0.1, 0.15) is 23.9 Å². The summed E-state index contributed by atoms with van der Waals surface area (Å²) >= 11 is 6.84. The second kappa shape index (κ2) is 10.4. The van der Waals surface area contributed by atoms with Crippen molar-refractivity contribution in [3.8, 4) is 11.4 Å². The van der Waals surface area contributed by atoms with Gasteiger partial charge in [-0.1, -0.05) is 11.6 Å². The van der Waals surface area contributed by atoms with E-state index < -0.39 is 17.1 Å². The Kier molecular flexibility index (Phi) is 7.33. The van der Waals surface area contributed by atoms with E-state index >= 15 is 0 Å². The fraction of sp³-hybridized carbons (Fsp3) is 0.192. The highest BCUT2D eigenvalue weighted by Gasteiger charge is 2.36. The van der Waals surface area contributed by atoms with Crippen molar-refractivity contribution < 1.29 is 19.1 Å². The number of amides is 3. The fourth-order valence-corrected chi connectivity index (χ4v) is 4.80. The highest BCUT2D eigenvalue weighted by atomic mass is 35.5. The number of carbonyl (C=O) groups excluding carboxylic acids is 3. The molecule has 1 saturated heterocycles. The number of benzene rings is 2. The highest BCUT2D eigenvalue weighted by molar-refractivity contribution is 8.18. The van der Waals surface area contributed by atoms with Gasteiger partial charge >= 0.3 is 0 Å². The Morgan fingerprint density at radius 3 is 2.43 bits per heavy atom. The van der Waals surface area contributed by atoms with Crippen molar-refractivity contribution >= 4 is 52.2 Å². The van der Waals surface area contributed by atoms with E-state index in [1.165, 1.54) is 0 Å². The first-order chi connectivity index (χ1) is 16.8. The first-order valence-electron chi connectivity index (χ1n) is 11.0. The molecule has 0 saturated carbocycles. The zero-order valence-electron chi connectivity index (χ0n) is 19.5. The van der Waals surface area contributed by atoms with Crippen LogP contribution >= 0.6 is 23.4 Å². The molecule has 7 nitrogen and oxygen atoms in total. The SMILES string of the molecule is CCOc1ccc(NC(=O)CN2C(=O)S/C(=C\c3cc(C)n(-c4ccc(Cl)cc4)c3C)C2=O)cc1. The maximum absolute atomic E-state index is 12.9. The first-order valence-corrected chi connectivity index (χ1v) is 12.2. The minimum absolute atomic E-state index is 0.278. The number of hydrogen-bond acceptors (Lipinski definition) is 5. The molecule has 4 rings (SSSR count). The van der Waals surface area contributed by atoms with E-state index in [0.717, 1.165) is 39.3 Å². The van der Waals surface area contributed by atoms with E-state index in [2.05, 4.69) is 9.88 Å². The second-order valence-corrected chi connectivity index (χ2v) is 9.34. The summed E-state index contributed by atoms with van der Waals surface area (Å²) in [5.41, 5.74) is 4.22. The molecule has 3 amide bonds. The third kappa shape index (κ3) is 5.44. The van der Waals surface area contributed by atoms with E-state index in [0.29, 0.717) is 23.1 Å². The minimum atomic E-state index is -0.488. The van der Waals surface area contributed by atoms with Gasteiger partial charge in [0.1, 0.15) is 12.3 Å². The zero-order chi connectivity index (χ0) is 25.1. The number of ether oxygens (including phenoxy) is 1. The lowest BCUT2D eigenvalue weighted by molar-refractivity contribution is -0.127. The van der Waals surface area contributed by atoms with Crippen LogP contribution in [0, 0.1) is 13.8 Å². The first kappa shape index (κ1) is 24.6. The molecule has 1 aliphatic heterocycles. The van der Waals surface area contributed by atoms with Crippen LogP contribution in [-0.4, -0.2) is 39.7 Å². The topological polar surface area (TPSA) is 80.6 Å². The van der Waals surface area contributed by atoms with Gasteiger partial charge < -0.3 is 14.6 Å². The Balaban J connectivity index is 1.47. The Morgan fingerprint density at radius 1 is 1.09 bits per heavy atom. The van der Waals surface area contributed by atoms with Crippen molar-refractivity contribution in [2.45, 2.75) is 20.8 Å². The molecular weight excluding hydrogens is 486 g/mol. The third-order valence-electron chi connectivity index (χ3n) is 5.47. The molecule has 35 heavy (non-hydrogen) atoms. The summed E-state index contributed by atoms with van der Waals surface area (Å²) in [6.07, 6.45) is 1.70. The van der Waals surface area contributed by atoms with Crippen LogP contribution in [0.2, 0.25) is 5.02 Å². The maximum Gasteiger partial charge on any atom is 0.294 e. The molecular formula is C26H24ClN3O4S. The Hall–Kier alpha value is -3.49. The molecule has 0 bridgehead atoms. The van der Waals surface area contributed by atoms with Crippen LogP contribution in [-0.2, 0) is 9.59 Å². The molecule has 9 heteroatoms. The lowest BCUT2D eigenvalue weighted by atomic mass is 10.2. The molecule has 0 spiro atoms. The van der Waals surface area contributed by atoms with E-state index in [1.807, 2.05) is 51.1 Å². The van der Waals surface area contributed by atoms with E-state index in [4.69, 9.17) is 16.3 Å². The number of thioether (sulfide) groups is 1. The van der Waals surface area contributed by atoms with Crippen LogP contribution in [0.15, 0.2) is 59.5 Å². The molecule has 0 atom stereocenters. The summed E-state index contributed by atoms with van der Waals surface area (Å²) in [5.74, 6) is -0.256. The van der Waals surface area contributed by atoms with Gasteiger partial charge in [-0.05, 0) is 98.8 Å². The molecule has 0 aliphatic carbocycles. The molecule has 1 fully saturated rings. The average Bonchev–Trinajstić information content (AvgIpc) is 3.25. The normalized spacial score (nSPS) is 14.6. The van der Waals surface area contributed by atoms with Crippen molar-refractivity contribution in [1.29, 1.82) is 0 Å². The Bertz CT molecular complexity index is 1310. The molecule has 180 valence electrons. The number of imide groups is 1. The van der Waals surface area contributed by atoms with Crippen LogP contribution in [0.4, 0.5) is 10.5 Å². The zero-order valence-corrected chi connectivity index (χ0v) is 21.1. The van der Waals surface area contributed by atoms with Gasteiger partial charge in [0.05, 0.1) is 11.5 Å². The van der Waals surface area contributed by atoms with Gasteiger partial charge in [-0.3, -0.25) is 19.3 Å². The average molecular weight is 510 g/mol. The van der Waals surface area contributed by atoms with E-state index in [9.17, 15) is 14.4 Å². The molecule has 0 unspecified atom stereocenters. The van der Waals surface area contributed by atoms with Crippen molar-refractivity contribution in [2.24, 2.45) is 0 Å². The van der Waals surface area contributed by atoms with Crippen LogP contribution in [0.5, 0.6) is 5.75 Å². The molecule has 1 N–H and O–H groups in total. The largest absolute Gasteiger partial charge is 0.494 e. The van der Waals surface area contributed by atoms with Gasteiger partial charge in [0.25, 0.3) is 11.1 Å². The monoisotopic (exact) mass is 509 g/mol. The fourth-order valence-electron chi connectivity index (χ4n) is 3.84. The molecule has 2 aromatic carbocycles. The second-order valence-electron chi connectivity index (χ2n) is 7.91. The van der Waals surface area contributed by atoms with Gasteiger partial charge in [-0.15, -0.1) is 0 Å². The van der Waals surface area contributed by atoms with Gasteiger partial charge in [0.15, 0.2) is 0 Å². The van der Waals surface area contributed by atoms with Crippen molar-refractivity contribution in [1.82, 2.24) is 9.47 Å². The van der Waals surface area contributed by atoms with Crippen LogP contribution in [0.3, 0.4) is 0 Å². The molecule has 1 aromatic heterocycles. The smallest absolute Gasteiger partial charge is 0.294 e. The molecule has 0 radical (unpaired) electrons. The molecule has 1 aliphatic rings. The van der Waals surface area contributed by atoms with Crippen LogP contribution < -0.4 is 10.1 Å². The number of hydrogen-bond donors (Lipinski definition) is 1. The van der Waals surface area contributed by atoms with E-state index in [-0.39, 0.29) is 11.4 Å². The molecule has 2 heterocycles. The third-order valence-corrected chi connectivity index (χ3v) is 6.63. The Morgan fingerprint density at radius 2 is 1.77 bits per heavy atom. The summed E-state index contributed by atoms with van der Waals surface area (Å²) < 4.78 is 7.44. The molecule has 3 aromatic rings. The summed E-state index contributed by atoms with van der Waals surface area (Å²) in [4.78, 5) is 39.2. The Labute approximate surface area is 212 Å². The predicted molar refractivity (Wildman–Crippen MR) is 139 cm³/mol. The number of rotatable bonds is 7. The predicted octanol–water partition coefficient (Wildman–Crippen LogP) is 5.82. The number of halogens is 1. The van der Waals surface area contributed by atoms with E-state index in [1.54, 1.807) is 30.3 Å². The van der Waals surface area contributed by atoms with Gasteiger partial charge in [-0.2, -0.15) is 0 Å². The summed E-state index contributed by atoms with van der Waals surface area (Å²) in [7, 11) is 0. The lowest BCUT2D eigenvalue weighted by Crippen LogP contribution is -2.36. The summed E-state index contributed by atoms with van der Waals surface area (Å²) in [6, 6.07) is 16.3. The number of aryl methyl sites for hydroxylation is 1. The minimum Gasteiger partial charge on any atom is -0.494 e. The highest BCUT2D eigenvalue weighted by Crippen LogP contribution is 2.34. The number of carbonyl (C=O) groups is 3. The van der Waals surface area contributed by atoms with Gasteiger partial charge in [0, 0.05) is 27.8 Å². The van der Waals surface area contributed by atoms with Gasteiger partial charge in [0.2, 0.25) is 5.91 Å². The lowest BCUT2D eigenvalue weighted by Gasteiger charge is -2.12. The summed E-state index contributed by atoms with van der Waals surface area (Å²) in [6.45, 7) is 5.98. The van der Waals surface area contributed by atoms with Crippen LogP contribution in [0.25, 0.3) is 11.8 Å².